The van der Waals surface area contributed by atoms with Crippen molar-refractivity contribution in [1.29, 1.82) is 0 Å². The highest BCUT2D eigenvalue weighted by Crippen LogP contribution is 2.64. The van der Waals surface area contributed by atoms with Gasteiger partial charge in [-0.15, -0.1) is 0 Å². The fourth-order valence-corrected chi connectivity index (χ4v) is 6.45. The highest BCUT2D eigenvalue weighted by molar-refractivity contribution is 5.87. The zero-order chi connectivity index (χ0) is 15.7. The summed E-state index contributed by atoms with van der Waals surface area (Å²) in [4.78, 5) is 12.4. The van der Waals surface area contributed by atoms with Crippen LogP contribution in [0.3, 0.4) is 0 Å². The zero-order valence-electron chi connectivity index (χ0n) is 13.6. The number of carbonyl (C=O) groups is 1. The summed E-state index contributed by atoms with van der Waals surface area (Å²) >= 11 is 0. The fraction of sp³-hybridized carbons (Fsp3) is 0.842. The molecule has 3 fully saturated rings. The molecule has 1 N–H and O–H groups in total. The lowest BCUT2D eigenvalue weighted by molar-refractivity contribution is -0.132. The third kappa shape index (κ3) is 1.72. The van der Waals surface area contributed by atoms with Crippen molar-refractivity contribution in [3.8, 4) is 0 Å². The fourth-order valence-electron chi connectivity index (χ4n) is 6.45. The van der Waals surface area contributed by atoms with E-state index in [1.54, 1.807) is 0 Å². The Morgan fingerprint density at radius 3 is 2.59 bits per heavy atom. The maximum absolute atomic E-state index is 14.5. The van der Waals surface area contributed by atoms with Crippen molar-refractivity contribution < 1.29 is 14.3 Å². The molecule has 0 radical (unpaired) electrons. The summed E-state index contributed by atoms with van der Waals surface area (Å²) in [6, 6.07) is 0. The van der Waals surface area contributed by atoms with Crippen LogP contribution in [0.2, 0.25) is 0 Å². The quantitative estimate of drug-likeness (QED) is 0.691. The molecule has 7 atom stereocenters. The first-order valence-corrected chi connectivity index (χ1v) is 8.94. The summed E-state index contributed by atoms with van der Waals surface area (Å²) in [7, 11) is 0. The average Bonchev–Trinajstić information content (AvgIpc) is 2.79. The molecule has 3 heteroatoms. The molecule has 0 heterocycles. The Balaban J connectivity index is 1.71. The van der Waals surface area contributed by atoms with E-state index in [-0.39, 0.29) is 10.8 Å². The van der Waals surface area contributed by atoms with Gasteiger partial charge in [-0.3, -0.25) is 4.79 Å². The van der Waals surface area contributed by atoms with E-state index in [2.05, 4.69) is 19.9 Å². The average molecular weight is 306 g/mol. The SMILES string of the molecule is C[C@]12CCC(O)C(F)C1=CC[C@@H]1[C@H]2CC[C@]2(C)C(=O)CC[C@@H]12. The molecule has 2 nitrogen and oxygen atoms in total. The molecular weight excluding hydrogens is 279 g/mol. The van der Waals surface area contributed by atoms with Crippen LogP contribution in [-0.2, 0) is 4.79 Å². The Hall–Kier alpha value is -0.700. The van der Waals surface area contributed by atoms with E-state index in [4.69, 9.17) is 0 Å². The maximum atomic E-state index is 14.5. The Kier molecular flexibility index (Phi) is 3.15. The smallest absolute Gasteiger partial charge is 0.147 e. The van der Waals surface area contributed by atoms with Crippen molar-refractivity contribution in [2.24, 2.45) is 28.6 Å². The van der Waals surface area contributed by atoms with Crippen molar-refractivity contribution in [3.05, 3.63) is 11.6 Å². The lowest BCUT2D eigenvalue weighted by atomic mass is 9.48. The lowest BCUT2D eigenvalue weighted by Gasteiger charge is -2.57. The predicted molar refractivity (Wildman–Crippen MR) is 83.0 cm³/mol. The molecule has 0 bridgehead atoms. The van der Waals surface area contributed by atoms with Crippen LogP contribution in [0.4, 0.5) is 4.39 Å². The van der Waals surface area contributed by atoms with E-state index in [1.165, 1.54) is 0 Å². The monoisotopic (exact) mass is 306 g/mol. The first kappa shape index (κ1) is 14.9. The van der Waals surface area contributed by atoms with Crippen LogP contribution in [0.5, 0.6) is 0 Å². The highest BCUT2D eigenvalue weighted by Gasteiger charge is 2.59. The van der Waals surface area contributed by atoms with Gasteiger partial charge in [0.05, 0.1) is 6.10 Å². The third-order valence-electron chi connectivity index (χ3n) is 7.83. The van der Waals surface area contributed by atoms with Crippen LogP contribution >= 0.6 is 0 Å². The van der Waals surface area contributed by atoms with Crippen molar-refractivity contribution in [1.82, 2.24) is 0 Å². The number of fused-ring (bicyclic) bond motifs is 5. The Bertz CT molecular complexity index is 542. The molecule has 0 aromatic heterocycles. The number of ketones is 1. The summed E-state index contributed by atoms with van der Waals surface area (Å²) in [5.41, 5.74) is 0.640. The summed E-state index contributed by atoms with van der Waals surface area (Å²) in [5.74, 6) is 1.96. The third-order valence-corrected chi connectivity index (χ3v) is 7.83. The molecule has 0 aromatic rings. The number of allylic oxidation sites excluding steroid dienone is 1. The number of hydrogen-bond donors (Lipinski definition) is 1. The van der Waals surface area contributed by atoms with Crippen LogP contribution in [0.1, 0.15) is 58.8 Å². The van der Waals surface area contributed by atoms with E-state index >= 15 is 0 Å². The van der Waals surface area contributed by atoms with Gasteiger partial charge < -0.3 is 5.11 Å². The minimum Gasteiger partial charge on any atom is -0.390 e. The second kappa shape index (κ2) is 4.66. The molecule has 2 unspecified atom stereocenters. The number of rotatable bonds is 0. The van der Waals surface area contributed by atoms with Gasteiger partial charge in [0.15, 0.2) is 0 Å². The van der Waals surface area contributed by atoms with Gasteiger partial charge in [-0.25, -0.2) is 4.39 Å². The van der Waals surface area contributed by atoms with Gasteiger partial charge in [0, 0.05) is 11.8 Å². The summed E-state index contributed by atoms with van der Waals surface area (Å²) in [6.45, 7) is 4.39. The van der Waals surface area contributed by atoms with Gasteiger partial charge in [-0.1, -0.05) is 19.9 Å². The molecule has 0 aliphatic heterocycles. The van der Waals surface area contributed by atoms with Gasteiger partial charge in [-0.2, -0.15) is 0 Å². The molecule has 0 saturated heterocycles. The summed E-state index contributed by atoms with van der Waals surface area (Å²) in [6.07, 6.45) is 6.22. The second-order valence-corrected chi connectivity index (χ2v) is 8.62. The highest BCUT2D eigenvalue weighted by atomic mass is 19.1. The second-order valence-electron chi connectivity index (χ2n) is 8.62. The molecule has 22 heavy (non-hydrogen) atoms. The summed E-state index contributed by atoms with van der Waals surface area (Å²) in [5, 5.41) is 9.89. The van der Waals surface area contributed by atoms with Crippen molar-refractivity contribution >= 4 is 5.78 Å². The van der Waals surface area contributed by atoms with E-state index in [0.29, 0.717) is 30.0 Å². The maximum Gasteiger partial charge on any atom is 0.147 e. The zero-order valence-corrected chi connectivity index (χ0v) is 13.6. The van der Waals surface area contributed by atoms with Gasteiger partial charge in [0.1, 0.15) is 12.0 Å². The molecule has 0 amide bonds. The van der Waals surface area contributed by atoms with Crippen LogP contribution in [0.25, 0.3) is 0 Å². The normalized spacial score (nSPS) is 54.3. The standard InChI is InChI=1S/C19H27FO2/c1-18-10-8-15(21)17(20)14(18)4-3-11-12-5-6-16(22)19(12,2)9-7-13(11)18/h4,11-13,15,17,21H,3,5-10H2,1-2H3/t11-,12-,13+,15?,17?,18+,19-/m0/s1. The number of carbonyl (C=O) groups excluding carboxylic acids is 1. The molecule has 122 valence electrons. The van der Waals surface area contributed by atoms with Crippen molar-refractivity contribution in [2.75, 3.05) is 0 Å². The molecule has 4 aliphatic carbocycles. The topological polar surface area (TPSA) is 37.3 Å². The largest absolute Gasteiger partial charge is 0.390 e. The Morgan fingerprint density at radius 1 is 1.14 bits per heavy atom. The van der Waals surface area contributed by atoms with Crippen LogP contribution < -0.4 is 0 Å². The van der Waals surface area contributed by atoms with E-state index < -0.39 is 12.3 Å². The number of hydrogen-bond acceptors (Lipinski definition) is 2. The Morgan fingerprint density at radius 2 is 1.82 bits per heavy atom. The molecule has 0 spiro atoms. The van der Waals surface area contributed by atoms with E-state index in [1.807, 2.05) is 0 Å². The van der Waals surface area contributed by atoms with Gasteiger partial charge in [0.2, 0.25) is 0 Å². The van der Waals surface area contributed by atoms with E-state index in [0.717, 1.165) is 44.1 Å². The number of halogens is 1. The Labute approximate surface area is 132 Å². The predicted octanol–water partition coefficient (Wildman–Crippen LogP) is 3.83. The van der Waals surface area contributed by atoms with Crippen LogP contribution in [-0.4, -0.2) is 23.2 Å². The minimum atomic E-state index is -1.18. The first-order chi connectivity index (χ1) is 10.4. The molecule has 3 saturated carbocycles. The minimum absolute atomic E-state index is 0.103. The molecule has 0 aromatic carbocycles. The van der Waals surface area contributed by atoms with Crippen LogP contribution in [0, 0.1) is 28.6 Å². The van der Waals surface area contributed by atoms with Gasteiger partial charge in [0.25, 0.3) is 0 Å². The van der Waals surface area contributed by atoms with E-state index in [9.17, 15) is 14.3 Å². The lowest BCUT2D eigenvalue weighted by Crippen LogP contribution is -2.52. The van der Waals surface area contributed by atoms with Crippen molar-refractivity contribution in [3.63, 3.8) is 0 Å². The number of Topliss-reactive ketones (excluding diaryl/α,β-unsaturated/α-hetero) is 1. The number of aliphatic hydroxyl groups is 1. The first-order valence-electron chi connectivity index (χ1n) is 8.94. The molecule has 4 rings (SSSR count). The molecule has 4 aliphatic rings. The number of aliphatic hydroxyl groups excluding tert-OH is 1. The van der Waals surface area contributed by atoms with Gasteiger partial charge in [-0.05, 0) is 67.3 Å². The number of alkyl halides is 1. The van der Waals surface area contributed by atoms with Crippen LogP contribution in [0.15, 0.2) is 11.6 Å². The van der Waals surface area contributed by atoms with Crippen molar-refractivity contribution in [2.45, 2.75) is 71.1 Å². The summed E-state index contributed by atoms with van der Waals surface area (Å²) < 4.78 is 14.5. The van der Waals surface area contributed by atoms with Gasteiger partial charge >= 0.3 is 0 Å². The molecular formula is C19H27FO2.